The van der Waals surface area contributed by atoms with Gasteiger partial charge in [-0.15, -0.1) is 42.0 Å². The molecule has 2 aromatic carbocycles. The molecule has 0 N–H and O–H groups in total. The van der Waals surface area contributed by atoms with E-state index in [0.29, 0.717) is 0 Å². The zero-order valence-corrected chi connectivity index (χ0v) is 18.7. The summed E-state index contributed by atoms with van der Waals surface area (Å²) in [6.45, 7) is 0. The topological polar surface area (TPSA) is 43.9 Å². The fourth-order valence-corrected chi connectivity index (χ4v) is 2.85. The van der Waals surface area contributed by atoms with Crippen molar-refractivity contribution in [1.82, 2.24) is 14.5 Å². The van der Waals surface area contributed by atoms with Crippen LogP contribution in [0.3, 0.4) is 0 Å². The zero-order chi connectivity index (χ0) is 19.9. The summed E-state index contributed by atoms with van der Waals surface area (Å²) >= 11 is 0. The minimum absolute atomic E-state index is 0. The molecule has 5 heteroatoms. The molecule has 0 aliphatic carbocycles. The first kappa shape index (κ1) is 21.4. The number of aryl methyl sites for hydroxylation is 1. The molecule has 0 fully saturated rings. The Hall–Kier alpha value is -3.27. The smallest absolute Gasteiger partial charge is 0.0579 e. The van der Waals surface area contributed by atoms with E-state index < -0.39 is 0 Å². The first-order valence-electron chi connectivity index (χ1n) is 9.24. The van der Waals surface area contributed by atoms with Crippen LogP contribution in [-0.4, -0.2) is 14.5 Å². The number of furan rings is 1. The normalized spacial score (nSPS) is 9.90. The van der Waals surface area contributed by atoms with Crippen LogP contribution in [0, 0.1) is 12.3 Å². The average Bonchev–Trinajstić information content (AvgIpc) is 3.45. The molecular formula is C25H19IrN3O-2. The second kappa shape index (κ2) is 10.5. The summed E-state index contributed by atoms with van der Waals surface area (Å²) in [5, 5.41) is 0. The van der Waals surface area contributed by atoms with Gasteiger partial charge in [0.25, 0.3) is 0 Å². The van der Waals surface area contributed by atoms with Crippen molar-refractivity contribution in [3.8, 4) is 34.0 Å². The fraction of sp³-hybridized carbons (Fsp3) is 0.0400. The molecule has 0 atom stereocenters. The number of hydrogen-bond acceptors (Lipinski definition) is 3. The van der Waals surface area contributed by atoms with E-state index in [1.165, 1.54) is 0 Å². The van der Waals surface area contributed by atoms with Crippen molar-refractivity contribution in [3.63, 3.8) is 0 Å². The molecule has 151 valence electrons. The van der Waals surface area contributed by atoms with Crippen molar-refractivity contribution in [2.24, 2.45) is 7.05 Å². The quantitative estimate of drug-likeness (QED) is 0.262. The van der Waals surface area contributed by atoms with Crippen molar-refractivity contribution in [2.75, 3.05) is 0 Å². The third kappa shape index (κ3) is 5.20. The fourth-order valence-electron chi connectivity index (χ4n) is 2.85. The number of imidazole rings is 1. The molecule has 0 amide bonds. The van der Waals surface area contributed by atoms with E-state index >= 15 is 0 Å². The molecule has 0 aliphatic rings. The van der Waals surface area contributed by atoms with E-state index in [1.54, 1.807) is 12.4 Å². The first-order chi connectivity index (χ1) is 14.3. The Bertz CT molecular complexity index is 1120. The minimum atomic E-state index is 0. The van der Waals surface area contributed by atoms with Crippen LogP contribution in [0.2, 0.25) is 0 Å². The molecule has 30 heavy (non-hydrogen) atoms. The van der Waals surface area contributed by atoms with Crippen molar-refractivity contribution in [2.45, 2.75) is 0 Å². The van der Waals surface area contributed by atoms with Gasteiger partial charge in [-0.25, -0.2) is 0 Å². The molecule has 5 aromatic rings. The van der Waals surface area contributed by atoms with Gasteiger partial charge in [0.1, 0.15) is 0 Å². The molecule has 0 bridgehead atoms. The Morgan fingerprint density at radius 3 is 2.30 bits per heavy atom. The van der Waals surface area contributed by atoms with Gasteiger partial charge in [0.2, 0.25) is 0 Å². The SMILES string of the molecule is Cn1ccnc1-c1[c-]oc(-c2ccccc2)c1.[Ir].[c-]1ccccc1-c1ccccn1. The summed E-state index contributed by atoms with van der Waals surface area (Å²) < 4.78 is 7.39. The summed E-state index contributed by atoms with van der Waals surface area (Å²) in [6, 6.07) is 28.7. The number of benzene rings is 2. The average molecular weight is 570 g/mol. The van der Waals surface area contributed by atoms with Crippen LogP contribution in [0.25, 0.3) is 34.0 Å². The summed E-state index contributed by atoms with van der Waals surface area (Å²) in [6.07, 6.45) is 8.34. The third-order valence-electron chi connectivity index (χ3n) is 4.32. The third-order valence-corrected chi connectivity index (χ3v) is 4.32. The molecule has 4 nitrogen and oxygen atoms in total. The summed E-state index contributed by atoms with van der Waals surface area (Å²) in [5.74, 6) is 1.67. The molecule has 0 saturated heterocycles. The largest absolute Gasteiger partial charge is 0.557 e. The van der Waals surface area contributed by atoms with Gasteiger partial charge in [0, 0.05) is 57.8 Å². The Labute approximate surface area is 189 Å². The van der Waals surface area contributed by atoms with Crippen molar-refractivity contribution in [3.05, 3.63) is 110 Å². The predicted molar refractivity (Wildman–Crippen MR) is 114 cm³/mol. The van der Waals surface area contributed by atoms with Crippen LogP contribution in [0.5, 0.6) is 0 Å². The van der Waals surface area contributed by atoms with Crippen LogP contribution in [0.1, 0.15) is 0 Å². The zero-order valence-electron chi connectivity index (χ0n) is 16.3. The van der Waals surface area contributed by atoms with Gasteiger partial charge < -0.3 is 14.0 Å². The van der Waals surface area contributed by atoms with E-state index in [1.807, 2.05) is 96.7 Å². The monoisotopic (exact) mass is 570 g/mol. The first-order valence-corrected chi connectivity index (χ1v) is 9.24. The second-order valence-corrected chi connectivity index (χ2v) is 6.35. The number of aromatic nitrogens is 3. The summed E-state index contributed by atoms with van der Waals surface area (Å²) in [5.41, 5.74) is 3.93. The second-order valence-electron chi connectivity index (χ2n) is 6.35. The number of rotatable bonds is 3. The van der Waals surface area contributed by atoms with Gasteiger partial charge in [-0.1, -0.05) is 48.0 Å². The van der Waals surface area contributed by atoms with Crippen LogP contribution < -0.4 is 0 Å². The summed E-state index contributed by atoms with van der Waals surface area (Å²) in [4.78, 5) is 8.48. The Kier molecular flexibility index (Phi) is 7.50. The molecule has 5 rings (SSSR count). The van der Waals surface area contributed by atoms with Gasteiger partial charge in [-0.05, 0) is 17.3 Å². The van der Waals surface area contributed by atoms with Crippen molar-refractivity contribution in [1.29, 1.82) is 0 Å². The van der Waals surface area contributed by atoms with Crippen molar-refractivity contribution < 1.29 is 24.5 Å². The number of nitrogens with zero attached hydrogens (tertiary/aromatic N) is 3. The molecule has 0 spiro atoms. The number of pyridine rings is 1. The van der Waals surface area contributed by atoms with Gasteiger partial charge in [-0.3, -0.25) is 4.98 Å². The van der Waals surface area contributed by atoms with Crippen LogP contribution >= 0.6 is 0 Å². The molecular weight excluding hydrogens is 551 g/mol. The van der Waals surface area contributed by atoms with Crippen LogP contribution in [-0.2, 0) is 27.2 Å². The molecule has 0 unspecified atom stereocenters. The van der Waals surface area contributed by atoms with Crippen molar-refractivity contribution >= 4 is 0 Å². The van der Waals surface area contributed by atoms with Gasteiger partial charge in [0.05, 0.1) is 5.82 Å². The van der Waals surface area contributed by atoms with E-state index in [-0.39, 0.29) is 20.1 Å². The summed E-state index contributed by atoms with van der Waals surface area (Å²) in [7, 11) is 1.95. The van der Waals surface area contributed by atoms with E-state index in [2.05, 4.69) is 22.3 Å². The van der Waals surface area contributed by atoms with Gasteiger partial charge in [-0.2, -0.15) is 0 Å². The maximum absolute atomic E-state index is 5.45. The molecule has 3 aromatic heterocycles. The minimum Gasteiger partial charge on any atom is -0.557 e. The van der Waals surface area contributed by atoms with E-state index in [9.17, 15) is 0 Å². The van der Waals surface area contributed by atoms with Crippen LogP contribution in [0.15, 0.2) is 102 Å². The number of hydrogen-bond donors (Lipinski definition) is 0. The Balaban J connectivity index is 0.000000175. The Morgan fingerprint density at radius 2 is 1.63 bits per heavy atom. The predicted octanol–water partition coefficient (Wildman–Crippen LogP) is 5.69. The molecule has 0 saturated carbocycles. The maximum Gasteiger partial charge on any atom is 0.0579 e. The molecule has 1 radical (unpaired) electrons. The van der Waals surface area contributed by atoms with Crippen LogP contribution in [0.4, 0.5) is 0 Å². The van der Waals surface area contributed by atoms with E-state index in [0.717, 1.165) is 34.0 Å². The maximum atomic E-state index is 5.45. The van der Waals surface area contributed by atoms with Gasteiger partial charge >= 0.3 is 0 Å². The van der Waals surface area contributed by atoms with Gasteiger partial charge in [0.15, 0.2) is 0 Å². The molecule has 3 heterocycles. The Morgan fingerprint density at radius 1 is 0.833 bits per heavy atom. The van der Waals surface area contributed by atoms with E-state index in [4.69, 9.17) is 4.42 Å². The standard InChI is InChI=1S/C14H11N2O.C11H8N.Ir/c1-16-8-7-15-14(16)12-9-13(17-10-12)11-5-3-2-4-6-11;1-2-6-10(7-3-1)11-8-4-5-9-12-11;/h2-9H,1H3;1-6,8-9H;/q2*-1;. The molecule has 0 aliphatic heterocycles.